The normalized spacial score (nSPS) is 12.3. The van der Waals surface area contributed by atoms with Gasteiger partial charge in [0.1, 0.15) is 5.84 Å². The first-order valence-corrected chi connectivity index (χ1v) is 16.9. The van der Waals surface area contributed by atoms with E-state index >= 15 is 0 Å². The maximum atomic E-state index is 9.38. The van der Waals surface area contributed by atoms with E-state index in [0.717, 1.165) is 54.9 Å². The molecule has 0 aliphatic rings. The molecule has 0 saturated carbocycles. The Hall–Kier alpha value is -6.78. The molecule has 0 fully saturated rings. The van der Waals surface area contributed by atoms with E-state index in [0.29, 0.717) is 5.84 Å². The van der Waals surface area contributed by atoms with Crippen LogP contribution in [0.25, 0.3) is 81.9 Å². The number of benzene rings is 8. The minimum atomic E-state index is 0.135. The molecule has 0 bridgehead atoms. The molecule has 3 N–H and O–H groups in total. The molecule has 0 unspecified atom stereocenters. The highest BCUT2D eigenvalue weighted by atomic mass is 14.9. The SMILES string of the molecule is N=C(/N=C(\N)c1ccccc1)c1c(-c2ccc(-c3ccc4c5cccc6c7ccccc7n(c4c3)c65)cc2)c2ccccc2c2ccccc12. The van der Waals surface area contributed by atoms with Crippen LogP contribution in [0, 0.1) is 5.41 Å². The largest absolute Gasteiger partial charge is 0.383 e. The van der Waals surface area contributed by atoms with Gasteiger partial charge in [0.05, 0.1) is 16.6 Å². The Balaban J connectivity index is 1.15. The summed E-state index contributed by atoms with van der Waals surface area (Å²) in [6, 6.07) is 57.3. The number of nitrogens with two attached hydrogens (primary N) is 1. The highest BCUT2D eigenvalue weighted by Crippen LogP contribution is 2.42. The number of aromatic nitrogens is 1. The smallest absolute Gasteiger partial charge is 0.155 e. The number of hydrogen-bond acceptors (Lipinski definition) is 1. The van der Waals surface area contributed by atoms with Gasteiger partial charge in [-0.15, -0.1) is 0 Å². The van der Waals surface area contributed by atoms with Gasteiger partial charge in [-0.1, -0.05) is 152 Å². The van der Waals surface area contributed by atoms with Gasteiger partial charge in [-0.05, 0) is 50.4 Å². The Labute approximate surface area is 288 Å². The summed E-state index contributed by atoms with van der Waals surface area (Å²) in [6.07, 6.45) is 0. The Morgan fingerprint density at radius 2 is 1.00 bits per heavy atom. The lowest BCUT2D eigenvalue weighted by Gasteiger charge is -2.18. The van der Waals surface area contributed by atoms with Crippen LogP contribution in [0.2, 0.25) is 0 Å². The number of fused-ring (bicyclic) bond motifs is 9. The third kappa shape index (κ3) is 4.12. The van der Waals surface area contributed by atoms with Gasteiger partial charge in [-0.3, -0.25) is 5.41 Å². The molecule has 0 spiro atoms. The second-order valence-electron chi connectivity index (χ2n) is 12.9. The fourth-order valence-corrected chi connectivity index (χ4v) is 7.98. The lowest BCUT2D eigenvalue weighted by atomic mass is 9.87. The van der Waals surface area contributed by atoms with Crippen LogP contribution < -0.4 is 5.73 Å². The Kier molecular flexibility index (Phi) is 6.14. The van der Waals surface area contributed by atoms with Crippen molar-refractivity contribution in [3.8, 4) is 22.3 Å². The first kappa shape index (κ1) is 28.3. The molecule has 0 radical (unpaired) electrons. The van der Waals surface area contributed by atoms with Crippen LogP contribution in [-0.4, -0.2) is 16.1 Å². The number of amidine groups is 2. The Morgan fingerprint density at radius 3 is 1.74 bits per heavy atom. The Morgan fingerprint density at radius 1 is 0.460 bits per heavy atom. The summed E-state index contributed by atoms with van der Waals surface area (Å²) in [5, 5.41) is 18.8. The van der Waals surface area contributed by atoms with Crippen molar-refractivity contribution in [2.75, 3.05) is 0 Å². The van der Waals surface area contributed by atoms with Gasteiger partial charge < -0.3 is 10.1 Å². The number of nitrogens with one attached hydrogen (secondary N) is 1. The first-order chi connectivity index (χ1) is 24.7. The molecule has 10 rings (SSSR count). The predicted octanol–water partition coefficient (Wildman–Crippen LogP) is 11.2. The van der Waals surface area contributed by atoms with Crippen LogP contribution in [0.3, 0.4) is 0 Å². The second kappa shape index (κ2) is 10.9. The molecule has 4 nitrogen and oxygen atoms in total. The summed E-state index contributed by atoms with van der Waals surface area (Å²) in [4.78, 5) is 4.68. The van der Waals surface area contributed by atoms with E-state index in [1.807, 2.05) is 36.4 Å². The van der Waals surface area contributed by atoms with Crippen LogP contribution in [-0.2, 0) is 0 Å². The molecule has 0 aliphatic carbocycles. The molecular formula is C46H30N4. The zero-order valence-electron chi connectivity index (χ0n) is 27.1. The van der Waals surface area contributed by atoms with Crippen molar-refractivity contribution in [3.05, 3.63) is 175 Å². The average molecular weight is 639 g/mol. The van der Waals surface area contributed by atoms with Gasteiger partial charge in [0.2, 0.25) is 0 Å². The molecule has 8 aromatic carbocycles. The van der Waals surface area contributed by atoms with E-state index in [-0.39, 0.29) is 5.84 Å². The standard InChI is InChI=1S/C46H30N4/c47-45(30-11-2-1-3-12-30)49-46(48)43-37-17-7-5-14-33(37)32-13-4-6-16-36(32)42(43)29-23-21-28(22-24-29)31-25-26-35-39-19-10-18-38-34-15-8-9-20-40(34)50(44(38)39)41(35)27-31/h1-27H,(H3,47,48,49). The van der Waals surface area contributed by atoms with Crippen molar-refractivity contribution in [1.82, 2.24) is 4.40 Å². The molecule has 50 heavy (non-hydrogen) atoms. The van der Waals surface area contributed by atoms with E-state index in [9.17, 15) is 5.41 Å². The van der Waals surface area contributed by atoms with Gasteiger partial charge in [0.25, 0.3) is 0 Å². The van der Waals surface area contributed by atoms with Crippen LogP contribution in [0.1, 0.15) is 11.1 Å². The predicted molar refractivity (Wildman–Crippen MR) is 211 cm³/mol. The molecule has 2 aromatic heterocycles. The van der Waals surface area contributed by atoms with E-state index in [2.05, 4.69) is 137 Å². The van der Waals surface area contributed by atoms with E-state index < -0.39 is 0 Å². The van der Waals surface area contributed by atoms with Crippen molar-refractivity contribution >= 4 is 71.3 Å². The van der Waals surface area contributed by atoms with E-state index in [1.165, 1.54) is 38.1 Å². The second-order valence-corrected chi connectivity index (χ2v) is 12.9. The number of aliphatic imine (C=N–C) groups is 1. The summed E-state index contributed by atoms with van der Waals surface area (Å²) in [5.41, 5.74) is 16.1. The average Bonchev–Trinajstić information content (AvgIpc) is 3.70. The zero-order valence-corrected chi connectivity index (χ0v) is 27.1. The molecule has 2 heterocycles. The topological polar surface area (TPSA) is 66.6 Å². The van der Waals surface area contributed by atoms with Crippen LogP contribution in [0.5, 0.6) is 0 Å². The summed E-state index contributed by atoms with van der Waals surface area (Å²) < 4.78 is 2.42. The number of nitrogens with zero attached hydrogens (tertiary/aromatic N) is 2. The van der Waals surface area contributed by atoms with Gasteiger partial charge in [-0.2, -0.15) is 0 Å². The fraction of sp³-hybridized carbons (Fsp3) is 0. The quantitative estimate of drug-likeness (QED) is 0.112. The summed E-state index contributed by atoms with van der Waals surface area (Å²) >= 11 is 0. The van der Waals surface area contributed by atoms with Crippen LogP contribution >= 0.6 is 0 Å². The van der Waals surface area contributed by atoms with Gasteiger partial charge in [0, 0.05) is 38.2 Å². The molecule has 4 heteroatoms. The summed E-state index contributed by atoms with van der Waals surface area (Å²) in [6.45, 7) is 0. The lowest BCUT2D eigenvalue weighted by Crippen LogP contribution is -2.16. The number of para-hydroxylation sites is 2. The van der Waals surface area contributed by atoms with Gasteiger partial charge in [0.15, 0.2) is 5.84 Å². The Bertz CT molecular complexity index is 2990. The van der Waals surface area contributed by atoms with Crippen LogP contribution in [0.4, 0.5) is 0 Å². The van der Waals surface area contributed by atoms with Crippen molar-refractivity contribution in [2.45, 2.75) is 0 Å². The molecule has 0 amide bonds. The minimum absolute atomic E-state index is 0.135. The molecule has 0 atom stereocenters. The molecule has 0 aliphatic heterocycles. The maximum absolute atomic E-state index is 9.38. The van der Waals surface area contributed by atoms with Crippen LogP contribution in [0.15, 0.2) is 169 Å². The van der Waals surface area contributed by atoms with E-state index in [1.54, 1.807) is 0 Å². The third-order valence-electron chi connectivity index (χ3n) is 10.2. The maximum Gasteiger partial charge on any atom is 0.155 e. The summed E-state index contributed by atoms with van der Waals surface area (Å²) in [7, 11) is 0. The molecular weight excluding hydrogens is 609 g/mol. The zero-order chi connectivity index (χ0) is 33.3. The fourth-order valence-electron chi connectivity index (χ4n) is 7.98. The lowest BCUT2D eigenvalue weighted by molar-refractivity contribution is 1.37. The van der Waals surface area contributed by atoms with Crippen molar-refractivity contribution in [3.63, 3.8) is 0 Å². The highest BCUT2D eigenvalue weighted by Gasteiger charge is 2.20. The third-order valence-corrected chi connectivity index (χ3v) is 10.2. The summed E-state index contributed by atoms with van der Waals surface area (Å²) in [5.74, 6) is 0.455. The van der Waals surface area contributed by atoms with Crippen molar-refractivity contribution < 1.29 is 0 Å². The number of hydrogen-bond donors (Lipinski definition) is 2. The first-order valence-electron chi connectivity index (χ1n) is 16.9. The van der Waals surface area contributed by atoms with Crippen molar-refractivity contribution in [2.24, 2.45) is 10.7 Å². The van der Waals surface area contributed by atoms with Gasteiger partial charge in [-0.25, -0.2) is 4.99 Å². The number of rotatable bonds is 4. The molecule has 234 valence electrons. The van der Waals surface area contributed by atoms with Gasteiger partial charge >= 0.3 is 0 Å². The minimum Gasteiger partial charge on any atom is -0.383 e. The van der Waals surface area contributed by atoms with Crippen molar-refractivity contribution in [1.29, 1.82) is 5.41 Å². The molecule has 0 saturated heterocycles. The highest BCUT2D eigenvalue weighted by molar-refractivity contribution is 6.27. The van der Waals surface area contributed by atoms with E-state index in [4.69, 9.17) is 5.73 Å². The monoisotopic (exact) mass is 638 g/mol. The molecule has 10 aromatic rings.